The number of aryl methyl sites for hydroxylation is 1. The van der Waals surface area contributed by atoms with Gasteiger partial charge >= 0.3 is 0 Å². The summed E-state index contributed by atoms with van der Waals surface area (Å²) in [5, 5.41) is 7.77. The molecule has 2 aliphatic rings. The molecule has 180 valence electrons. The normalized spacial score (nSPS) is 21.2. The van der Waals surface area contributed by atoms with Crippen LogP contribution >= 0.6 is 0 Å². The first kappa shape index (κ1) is 23.0. The molecule has 9 heteroatoms. The molecule has 0 spiro atoms. The molecule has 0 aliphatic heterocycles. The first-order chi connectivity index (χ1) is 16.5. The van der Waals surface area contributed by atoms with Crippen molar-refractivity contribution in [1.29, 1.82) is 0 Å². The maximum atomic E-state index is 13.3. The predicted octanol–water partition coefficient (Wildman–Crippen LogP) is 4.30. The molecule has 0 saturated heterocycles. The Morgan fingerprint density at radius 1 is 1.03 bits per heavy atom. The lowest BCUT2D eigenvalue weighted by atomic mass is 9.91. The molecule has 0 bridgehead atoms. The molecule has 2 aliphatic carbocycles. The number of benzene rings is 1. The molecule has 2 saturated carbocycles. The highest BCUT2D eigenvalue weighted by molar-refractivity contribution is 7.89. The van der Waals surface area contributed by atoms with Gasteiger partial charge in [-0.1, -0.05) is 13.0 Å². The van der Waals surface area contributed by atoms with Gasteiger partial charge in [-0.3, -0.25) is 0 Å². The van der Waals surface area contributed by atoms with E-state index < -0.39 is 10.0 Å². The molecule has 1 N–H and O–H groups in total. The van der Waals surface area contributed by atoms with Gasteiger partial charge in [-0.2, -0.15) is 0 Å². The van der Waals surface area contributed by atoms with Crippen molar-refractivity contribution in [2.24, 2.45) is 0 Å². The number of hydrogen-bond acceptors (Lipinski definition) is 6. The second kappa shape index (κ2) is 9.84. The highest BCUT2D eigenvalue weighted by Crippen LogP contribution is 2.31. The fourth-order valence-electron chi connectivity index (χ4n) is 4.80. The summed E-state index contributed by atoms with van der Waals surface area (Å²) in [6.07, 6.45) is 13.0. The molecule has 8 nitrogen and oxygen atoms in total. The minimum absolute atomic E-state index is 0.108. The van der Waals surface area contributed by atoms with Crippen LogP contribution in [0, 0.1) is 0 Å². The molecule has 0 radical (unpaired) electrons. The Labute approximate surface area is 200 Å². The van der Waals surface area contributed by atoms with Crippen LogP contribution in [-0.2, 0) is 16.4 Å². The molecule has 2 heterocycles. The van der Waals surface area contributed by atoms with E-state index in [0.717, 1.165) is 55.2 Å². The van der Waals surface area contributed by atoms with Gasteiger partial charge in [0.1, 0.15) is 18.8 Å². The van der Waals surface area contributed by atoms with Crippen LogP contribution in [0.4, 0.5) is 0 Å². The van der Waals surface area contributed by atoms with Gasteiger partial charge in [-0.15, -0.1) is 10.2 Å². The van der Waals surface area contributed by atoms with Crippen LogP contribution in [0.5, 0.6) is 5.88 Å². The summed E-state index contributed by atoms with van der Waals surface area (Å²) in [5.41, 5.74) is 2.69. The van der Waals surface area contributed by atoms with Crippen LogP contribution in [0.25, 0.3) is 11.1 Å². The SMILES string of the molecule is CCc1cc(-c2ccc(OC3CCC3)nc2)ccc1S(=O)(=O)N[C@H]1CCC[C@@H](n2cnnc2)C1. The monoisotopic (exact) mass is 481 g/mol. The number of nitrogens with zero attached hydrogens (tertiary/aromatic N) is 4. The second-order valence-corrected chi connectivity index (χ2v) is 11.0. The van der Waals surface area contributed by atoms with E-state index in [1.54, 1.807) is 24.9 Å². The van der Waals surface area contributed by atoms with Crippen LogP contribution in [0.2, 0.25) is 0 Å². The standard InChI is InChI=1S/C25H31N5O3S/c1-2-18-13-19(20-10-12-25(26-15-20)33-23-7-4-8-23)9-11-24(18)34(31,32)29-21-5-3-6-22(14-21)30-16-27-28-17-30/h9-13,15-17,21-23,29H,2-8,14H2,1H3/t21-,22+/m0/s1. The summed E-state index contributed by atoms with van der Waals surface area (Å²) >= 11 is 0. The van der Waals surface area contributed by atoms with Crippen molar-refractivity contribution < 1.29 is 13.2 Å². The van der Waals surface area contributed by atoms with Gasteiger partial charge in [-0.05, 0) is 80.7 Å². The number of aromatic nitrogens is 4. The Kier molecular flexibility index (Phi) is 6.65. The van der Waals surface area contributed by atoms with Crippen molar-refractivity contribution in [2.75, 3.05) is 0 Å². The minimum Gasteiger partial charge on any atom is -0.474 e. The van der Waals surface area contributed by atoms with E-state index in [0.29, 0.717) is 17.2 Å². The molecular weight excluding hydrogens is 450 g/mol. The van der Waals surface area contributed by atoms with Crippen LogP contribution in [0.15, 0.2) is 54.1 Å². The first-order valence-electron chi connectivity index (χ1n) is 12.1. The zero-order valence-electron chi connectivity index (χ0n) is 19.4. The largest absolute Gasteiger partial charge is 0.474 e. The summed E-state index contributed by atoms with van der Waals surface area (Å²) in [6, 6.07) is 9.51. The summed E-state index contributed by atoms with van der Waals surface area (Å²) in [4.78, 5) is 4.80. The van der Waals surface area contributed by atoms with Crippen molar-refractivity contribution in [3.63, 3.8) is 0 Å². The Morgan fingerprint density at radius 3 is 2.47 bits per heavy atom. The third-order valence-electron chi connectivity index (χ3n) is 6.97. The average Bonchev–Trinajstić information content (AvgIpc) is 3.36. The highest BCUT2D eigenvalue weighted by atomic mass is 32.2. The molecule has 3 aromatic rings. The zero-order valence-corrected chi connectivity index (χ0v) is 20.2. The van der Waals surface area contributed by atoms with E-state index in [-0.39, 0.29) is 18.2 Å². The third-order valence-corrected chi connectivity index (χ3v) is 8.59. The van der Waals surface area contributed by atoms with Crippen LogP contribution in [0.3, 0.4) is 0 Å². The van der Waals surface area contributed by atoms with Crippen molar-refractivity contribution in [1.82, 2.24) is 24.5 Å². The third kappa shape index (κ3) is 5.00. The molecule has 1 aromatic carbocycles. The maximum absolute atomic E-state index is 13.3. The topological polar surface area (TPSA) is 99.0 Å². The fourth-order valence-corrected chi connectivity index (χ4v) is 6.38. The predicted molar refractivity (Wildman–Crippen MR) is 129 cm³/mol. The molecule has 2 fully saturated rings. The van der Waals surface area contributed by atoms with E-state index in [2.05, 4.69) is 19.9 Å². The maximum Gasteiger partial charge on any atom is 0.241 e. The van der Waals surface area contributed by atoms with E-state index in [9.17, 15) is 8.42 Å². The molecule has 34 heavy (non-hydrogen) atoms. The number of rotatable bonds is 8. The Morgan fingerprint density at radius 2 is 1.79 bits per heavy atom. The van der Waals surface area contributed by atoms with Crippen LogP contribution in [-0.4, -0.2) is 40.3 Å². The number of ether oxygens (including phenoxy) is 1. The van der Waals surface area contributed by atoms with Crippen molar-refractivity contribution in [3.8, 4) is 17.0 Å². The summed E-state index contributed by atoms with van der Waals surface area (Å²) in [7, 11) is -3.64. The summed E-state index contributed by atoms with van der Waals surface area (Å²) in [5.74, 6) is 0.643. The lowest BCUT2D eigenvalue weighted by molar-refractivity contribution is 0.114. The van der Waals surface area contributed by atoms with Crippen molar-refractivity contribution in [3.05, 3.63) is 54.7 Å². The number of pyridine rings is 1. The van der Waals surface area contributed by atoms with Crippen LogP contribution in [0.1, 0.15) is 63.5 Å². The van der Waals surface area contributed by atoms with E-state index in [1.807, 2.05) is 35.8 Å². The van der Waals surface area contributed by atoms with Gasteiger partial charge in [0.2, 0.25) is 15.9 Å². The Bertz CT molecular complexity index is 1210. The lowest BCUT2D eigenvalue weighted by Crippen LogP contribution is -2.39. The van der Waals surface area contributed by atoms with E-state index >= 15 is 0 Å². The van der Waals surface area contributed by atoms with Gasteiger partial charge in [0.25, 0.3) is 0 Å². The summed E-state index contributed by atoms with van der Waals surface area (Å²) in [6.45, 7) is 1.98. The second-order valence-electron chi connectivity index (χ2n) is 9.28. The quantitative estimate of drug-likeness (QED) is 0.515. The van der Waals surface area contributed by atoms with Crippen molar-refractivity contribution >= 4 is 10.0 Å². The molecule has 0 unspecified atom stereocenters. The van der Waals surface area contributed by atoms with Gasteiger partial charge in [0.15, 0.2) is 0 Å². The zero-order chi connectivity index (χ0) is 23.5. The van der Waals surface area contributed by atoms with Gasteiger partial charge in [0, 0.05) is 29.9 Å². The van der Waals surface area contributed by atoms with Gasteiger partial charge < -0.3 is 9.30 Å². The lowest BCUT2D eigenvalue weighted by Gasteiger charge is -2.30. The first-order valence-corrected chi connectivity index (χ1v) is 13.6. The molecule has 0 amide bonds. The summed E-state index contributed by atoms with van der Waals surface area (Å²) < 4.78 is 37.4. The van der Waals surface area contributed by atoms with Gasteiger partial charge in [-0.25, -0.2) is 18.1 Å². The smallest absolute Gasteiger partial charge is 0.241 e. The minimum atomic E-state index is -3.64. The van der Waals surface area contributed by atoms with Crippen molar-refractivity contribution in [2.45, 2.75) is 81.4 Å². The average molecular weight is 482 g/mol. The number of nitrogens with one attached hydrogen (secondary N) is 1. The van der Waals surface area contributed by atoms with E-state index in [4.69, 9.17) is 4.74 Å². The van der Waals surface area contributed by atoms with Crippen LogP contribution < -0.4 is 9.46 Å². The molecule has 5 rings (SSSR count). The Balaban J connectivity index is 1.31. The molecule has 2 aromatic heterocycles. The molecular formula is C25H31N5O3S. The number of hydrogen-bond donors (Lipinski definition) is 1. The van der Waals surface area contributed by atoms with Gasteiger partial charge in [0.05, 0.1) is 4.90 Å². The molecule has 2 atom stereocenters. The Hall–Kier alpha value is -2.78. The number of sulfonamides is 1. The van der Waals surface area contributed by atoms with E-state index in [1.165, 1.54) is 6.42 Å². The highest BCUT2D eigenvalue weighted by Gasteiger charge is 2.28. The fraction of sp³-hybridized carbons (Fsp3) is 0.480.